The van der Waals surface area contributed by atoms with E-state index in [4.69, 9.17) is 0 Å². The van der Waals surface area contributed by atoms with E-state index in [0.29, 0.717) is 11.6 Å². The highest BCUT2D eigenvalue weighted by Crippen LogP contribution is 2.29. The van der Waals surface area contributed by atoms with Gasteiger partial charge in [0.05, 0.1) is 0 Å². The van der Waals surface area contributed by atoms with Crippen LogP contribution in [-0.2, 0) is 0 Å². The Kier molecular flexibility index (Phi) is 2.00. The van der Waals surface area contributed by atoms with Crippen molar-refractivity contribution in [3.8, 4) is 0 Å². The predicted molar refractivity (Wildman–Crippen MR) is 49.0 cm³/mol. The van der Waals surface area contributed by atoms with Gasteiger partial charge in [-0.2, -0.15) is 0 Å². The monoisotopic (exact) mass is 177 g/mol. The van der Waals surface area contributed by atoms with Crippen molar-refractivity contribution >= 4 is 6.29 Å². The number of aromatic nitrogens is 1. The molecule has 1 aliphatic carbocycles. The van der Waals surface area contributed by atoms with E-state index in [2.05, 4.69) is 0 Å². The lowest BCUT2D eigenvalue weighted by atomic mass is 9.93. The molecule has 3 heteroatoms. The molecule has 0 N–H and O–H groups in total. The second-order valence-corrected chi connectivity index (χ2v) is 3.41. The van der Waals surface area contributed by atoms with Crippen LogP contribution >= 0.6 is 0 Å². The summed E-state index contributed by atoms with van der Waals surface area (Å²) in [6.45, 7) is 0. The first kappa shape index (κ1) is 8.23. The van der Waals surface area contributed by atoms with E-state index in [1.807, 2.05) is 0 Å². The van der Waals surface area contributed by atoms with Gasteiger partial charge < -0.3 is 4.57 Å². The number of carbonyl (C=O) groups is 1. The van der Waals surface area contributed by atoms with Gasteiger partial charge in [0.2, 0.25) is 0 Å². The number of aldehydes is 1. The maximum atomic E-state index is 11.4. The van der Waals surface area contributed by atoms with Crippen LogP contribution in [0.3, 0.4) is 0 Å². The van der Waals surface area contributed by atoms with Crippen LogP contribution in [0.4, 0.5) is 0 Å². The lowest BCUT2D eigenvalue weighted by Gasteiger charge is -2.27. The molecule has 68 valence electrons. The highest BCUT2D eigenvalue weighted by atomic mass is 16.1. The Bertz CT molecular complexity index is 377. The molecule has 0 radical (unpaired) electrons. The van der Waals surface area contributed by atoms with Gasteiger partial charge in [0.1, 0.15) is 0 Å². The summed E-state index contributed by atoms with van der Waals surface area (Å²) in [4.78, 5) is 21.9. The molecule has 1 aliphatic rings. The van der Waals surface area contributed by atoms with Crippen molar-refractivity contribution in [3.63, 3.8) is 0 Å². The number of carbonyl (C=O) groups excluding carboxylic acids is 1. The van der Waals surface area contributed by atoms with E-state index >= 15 is 0 Å². The summed E-state index contributed by atoms with van der Waals surface area (Å²) in [7, 11) is 0. The third kappa shape index (κ3) is 1.41. The predicted octanol–water partition coefficient (Wildman–Crippen LogP) is 1.39. The minimum absolute atomic E-state index is 0.00435. The van der Waals surface area contributed by atoms with Crippen molar-refractivity contribution in [1.29, 1.82) is 0 Å². The first-order chi connectivity index (χ1) is 6.31. The molecule has 0 aliphatic heterocycles. The quantitative estimate of drug-likeness (QED) is 0.640. The fraction of sp³-hybridized carbons (Fsp3) is 0.400. The molecule has 1 fully saturated rings. The largest absolute Gasteiger partial charge is 0.312 e. The van der Waals surface area contributed by atoms with Gasteiger partial charge in [-0.15, -0.1) is 0 Å². The number of pyridine rings is 1. The summed E-state index contributed by atoms with van der Waals surface area (Å²) >= 11 is 0. The molecule has 0 bridgehead atoms. The molecule has 0 aromatic carbocycles. The number of nitrogens with zero attached hydrogens (tertiary/aromatic N) is 1. The lowest BCUT2D eigenvalue weighted by molar-refractivity contribution is 0.112. The van der Waals surface area contributed by atoms with E-state index in [0.717, 1.165) is 19.1 Å². The van der Waals surface area contributed by atoms with Crippen LogP contribution in [0, 0.1) is 0 Å². The van der Waals surface area contributed by atoms with Crippen molar-refractivity contribution in [2.45, 2.75) is 25.3 Å². The van der Waals surface area contributed by atoms with Gasteiger partial charge in [-0.25, -0.2) is 0 Å². The zero-order valence-electron chi connectivity index (χ0n) is 7.27. The Morgan fingerprint density at radius 2 is 2.15 bits per heavy atom. The van der Waals surface area contributed by atoms with Crippen LogP contribution in [0.25, 0.3) is 0 Å². The van der Waals surface area contributed by atoms with E-state index in [1.54, 1.807) is 16.8 Å². The summed E-state index contributed by atoms with van der Waals surface area (Å²) in [5.41, 5.74) is 0.571. The fourth-order valence-electron chi connectivity index (χ4n) is 1.54. The number of rotatable bonds is 2. The van der Waals surface area contributed by atoms with Gasteiger partial charge in [-0.3, -0.25) is 9.59 Å². The number of hydrogen-bond donors (Lipinski definition) is 0. The molecule has 1 saturated carbocycles. The van der Waals surface area contributed by atoms with Crippen LogP contribution in [0.5, 0.6) is 0 Å². The Hall–Kier alpha value is -1.38. The van der Waals surface area contributed by atoms with Crippen molar-refractivity contribution in [3.05, 3.63) is 34.2 Å². The van der Waals surface area contributed by atoms with Crippen molar-refractivity contribution in [1.82, 2.24) is 4.57 Å². The molecule has 13 heavy (non-hydrogen) atoms. The van der Waals surface area contributed by atoms with Gasteiger partial charge in [0.15, 0.2) is 6.29 Å². The zero-order valence-corrected chi connectivity index (χ0v) is 7.27. The Labute approximate surface area is 76.0 Å². The van der Waals surface area contributed by atoms with Crippen molar-refractivity contribution in [2.75, 3.05) is 0 Å². The second kappa shape index (κ2) is 3.17. The van der Waals surface area contributed by atoms with Gasteiger partial charge in [-0.1, -0.05) is 0 Å². The summed E-state index contributed by atoms with van der Waals surface area (Å²) in [6.07, 6.45) is 5.72. The molecular formula is C10H11NO2. The average molecular weight is 177 g/mol. The molecule has 0 unspecified atom stereocenters. The van der Waals surface area contributed by atoms with E-state index in [1.165, 1.54) is 12.5 Å². The summed E-state index contributed by atoms with van der Waals surface area (Å²) < 4.78 is 1.67. The van der Waals surface area contributed by atoms with Crippen LogP contribution in [0.15, 0.2) is 23.1 Å². The van der Waals surface area contributed by atoms with Gasteiger partial charge in [-0.05, 0) is 25.3 Å². The highest BCUT2D eigenvalue weighted by molar-refractivity contribution is 5.73. The summed E-state index contributed by atoms with van der Waals surface area (Å²) in [6, 6.07) is 3.35. The first-order valence-electron chi connectivity index (χ1n) is 4.48. The standard InChI is InChI=1S/C10H11NO2/c12-7-8-4-5-10(13)11(6-8)9-2-1-3-9/h4-7,9H,1-3H2. The van der Waals surface area contributed by atoms with E-state index in [9.17, 15) is 9.59 Å². The zero-order chi connectivity index (χ0) is 9.26. The Morgan fingerprint density at radius 3 is 2.69 bits per heavy atom. The molecule has 3 nitrogen and oxygen atoms in total. The van der Waals surface area contributed by atoms with E-state index < -0.39 is 0 Å². The Morgan fingerprint density at radius 1 is 1.38 bits per heavy atom. The molecule has 0 spiro atoms. The normalized spacial score (nSPS) is 16.6. The van der Waals surface area contributed by atoms with E-state index in [-0.39, 0.29) is 5.56 Å². The topological polar surface area (TPSA) is 39.1 Å². The molecule has 1 aromatic heterocycles. The van der Waals surface area contributed by atoms with Crippen molar-refractivity contribution in [2.24, 2.45) is 0 Å². The van der Waals surface area contributed by atoms with Crippen LogP contribution in [0.2, 0.25) is 0 Å². The maximum Gasteiger partial charge on any atom is 0.250 e. The molecule has 0 amide bonds. The van der Waals surface area contributed by atoms with Crippen LogP contribution in [-0.4, -0.2) is 10.9 Å². The fourth-order valence-corrected chi connectivity index (χ4v) is 1.54. The molecule has 0 saturated heterocycles. The number of hydrogen-bond acceptors (Lipinski definition) is 2. The van der Waals surface area contributed by atoms with Crippen LogP contribution in [0.1, 0.15) is 35.7 Å². The smallest absolute Gasteiger partial charge is 0.250 e. The molecule has 1 aromatic rings. The molecule has 1 heterocycles. The Balaban J connectivity index is 2.41. The van der Waals surface area contributed by atoms with Gasteiger partial charge >= 0.3 is 0 Å². The SMILES string of the molecule is O=Cc1ccc(=O)n(C2CCC2)c1. The average Bonchev–Trinajstić information content (AvgIpc) is 2.06. The van der Waals surface area contributed by atoms with Crippen LogP contribution < -0.4 is 5.56 Å². The second-order valence-electron chi connectivity index (χ2n) is 3.41. The lowest BCUT2D eigenvalue weighted by Crippen LogP contribution is -2.28. The van der Waals surface area contributed by atoms with Gasteiger partial charge in [0, 0.05) is 23.9 Å². The minimum atomic E-state index is -0.00435. The third-order valence-corrected chi connectivity index (χ3v) is 2.57. The summed E-state index contributed by atoms with van der Waals surface area (Å²) in [5, 5.41) is 0. The molecular weight excluding hydrogens is 166 g/mol. The molecule has 2 rings (SSSR count). The minimum Gasteiger partial charge on any atom is -0.312 e. The highest BCUT2D eigenvalue weighted by Gasteiger charge is 2.19. The maximum absolute atomic E-state index is 11.4. The van der Waals surface area contributed by atoms with Gasteiger partial charge in [0.25, 0.3) is 5.56 Å². The van der Waals surface area contributed by atoms with Crippen molar-refractivity contribution < 1.29 is 4.79 Å². The first-order valence-corrected chi connectivity index (χ1v) is 4.48. The third-order valence-electron chi connectivity index (χ3n) is 2.57. The summed E-state index contributed by atoms with van der Waals surface area (Å²) in [5.74, 6) is 0. The molecule has 0 atom stereocenters.